The zero-order chi connectivity index (χ0) is 4.57. The molecule has 34 valence electrons. The largest absolute Gasteiger partial charge is 0.356 e. The molecule has 0 saturated carbocycles. The monoisotopic (exact) mass is 88.0 g/mol. The van der Waals surface area contributed by atoms with Crippen molar-refractivity contribution < 1.29 is 9.90 Å². The van der Waals surface area contributed by atoms with Gasteiger partial charge in [0, 0.05) is 0 Å². The third-order valence-electron chi connectivity index (χ3n) is 0.536. The molecule has 0 radical (unpaired) electrons. The van der Waals surface area contributed by atoms with Gasteiger partial charge >= 0.3 is 6.03 Å². The lowest BCUT2D eigenvalue weighted by Crippen LogP contribution is -2.63. The summed E-state index contributed by atoms with van der Waals surface area (Å²) in [7, 11) is 0. The molecule has 0 spiro atoms. The van der Waals surface area contributed by atoms with Crippen LogP contribution < -0.4 is 10.6 Å². The van der Waals surface area contributed by atoms with Crippen LogP contribution in [0.3, 0.4) is 0 Å². The first-order chi connectivity index (χ1) is 2.79. The molecule has 6 heavy (non-hydrogen) atoms. The van der Waals surface area contributed by atoms with E-state index in [1.54, 1.807) is 0 Å². The van der Waals surface area contributed by atoms with Gasteiger partial charge in [0.2, 0.25) is 6.35 Å². The minimum atomic E-state index is -0.808. The van der Waals surface area contributed by atoms with Crippen molar-refractivity contribution in [3.05, 3.63) is 0 Å². The second-order valence-corrected chi connectivity index (χ2v) is 1.02. The van der Waals surface area contributed by atoms with Gasteiger partial charge in [0.1, 0.15) is 0 Å². The van der Waals surface area contributed by atoms with Gasteiger partial charge in [-0.05, 0) is 0 Å². The number of carbonyl (C=O) groups is 1. The first-order valence-electron chi connectivity index (χ1n) is 1.54. The molecule has 1 fully saturated rings. The molecule has 1 rings (SSSR count). The maximum atomic E-state index is 9.73. The molecule has 0 bridgehead atoms. The van der Waals surface area contributed by atoms with Crippen molar-refractivity contribution in [2.45, 2.75) is 6.35 Å². The fourth-order valence-electron chi connectivity index (χ4n) is 0.248. The highest BCUT2D eigenvalue weighted by Crippen LogP contribution is 1.79. The van der Waals surface area contributed by atoms with E-state index in [0.29, 0.717) is 0 Å². The van der Waals surface area contributed by atoms with Crippen molar-refractivity contribution in [3.63, 3.8) is 0 Å². The fourth-order valence-corrected chi connectivity index (χ4v) is 0.248. The van der Waals surface area contributed by atoms with Gasteiger partial charge in [-0.1, -0.05) is 0 Å². The predicted octanol–water partition coefficient (Wildman–Crippen LogP) is -1.42. The standard InChI is InChI=1S/C2H4N2O2/c5-1-3-2(6)4-1/h1,5H,(H2,3,4,6). The summed E-state index contributed by atoms with van der Waals surface area (Å²) >= 11 is 0. The Balaban J connectivity index is 2.28. The normalized spacial score (nSPS) is 21.2. The molecule has 4 nitrogen and oxygen atoms in total. The Bertz CT molecular complexity index is 73.6. The van der Waals surface area contributed by atoms with Crippen LogP contribution in [0.4, 0.5) is 4.79 Å². The molecule has 0 atom stereocenters. The van der Waals surface area contributed by atoms with Gasteiger partial charge in [0.15, 0.2) is 0 Å². The first kappa shape index (κ1) is 3.42. The smallest absolute Gasteiger partial charge is 0.321 e. The Morgan fingerprint density at radius 3 is 2.17 bits per heavy atom. The summed E-state index contributed by atoms with van der Waals surface area (Å²) in [4.78, 5) is 9.73. The van der Waals surface area contributed by atoms with E-state index >= 15 is 0 Å². The average Bonchev–Trinajstić information content (AvgIpc) is 1.33. The molecular weight excluding hydrogens is 84.0 g/mol. The molecule has 1 aliphatic heterocycles. The van der Waals surface area contributed by atoms with Crippen LogP contribution in [0.1, 0.15) is 0 Å². The number of rotatable bonds is 0. The van der Waals surface area contributed by atoms with Gasteiger partial charge in [-0.15, -0.1) is 0 Å². The highest BCUT2D eigenvalue weighted by Gasteiger charge is 2.18. The van der Waals surface area contributed by atoms with E-state index in [2.05, 4.69) is 10.6 Å². The Labute approximate surface area is 34.2 Å². The zero-order valence-electron chi connectivity index (χ0n) is 2.93. The van der Waals surface area contributed by atoms with Gasteiger partial charge in [-0.3, -0.25) is 10.6 Å². The van der Waals surface area contributed by atoms with Crippen molar-refractivity contribution in [2.75, 3.05) is 0 Å². The molecular formula is C2H4N2O2. The SMILES string of the molecule is O=C1NC(O)N1. The molecule has 1 heterocycles. The maximum Gasteiger partial charge on any atom is 0.321 e. The van der Waals surface area contributed by atoms with Crippen LogP contribution in [0.15, 0.2) is 0 Å². The number of hydrogen-bond donors (Lipinski definition) is 3. The lowest BCUT2D eigenvalue weighted by molar-refractivity contribution is 0.0736. The highest BCUT2D eigenvalue weighted by molar-refractivity contribution is 5.79. The van der Waals surface area contributed by atoms with Crippen LogP contribution in [-0.4, -0.2) is 17.5 Å². The molecule has 1 saturated heterocycles. The summed E-state index contributed by atoms with van der Waals surface area (Å²) in [5.41, 5.74) is 0. The summed E-state index contributed by atoms with van der Waals surface area (Å²) in [5, 5.41) is 12.4. The van der Waals surface area contributed by atoms with Gasteiger partial charge < -0.3 is 5.11 Å². The number of aliphatic hydroxyl groups is 1. The Kier molecular flexibility index (Phi) is 0.481. The van der Waals surface area contributed by atoms with E-state index in [1.807, 2.05) is 0 Å². The summed E-state index contributed by atoms with van der Waals surface area (Å²) < 4.78 is 0. The van der Waals surface area contributed by atoms with Crippen LogP contribution in [0.25, 0.3) is 0 Å². The topological polar surface area (TPSA) is 61.4 Å². The summed E-state index contributed by atoms with van der Waals surface area (Å²) in [6, 6.07) is -0.317. The maximum absolute atomic E-state index is 9.73. The molecule has 2 amide bonds. The second kappa shape index (κ2) is 0.844. The summed E-state index contributed by atoms with van der Waals surface area (Å²) in [6.07, 6.45) is -0.808. The zero-order valence-corrected chi connectivity index (χ0v) is 2.93. The number of nitrogens with one attached hydrogen (secondary N) is 2. The van der Waals surface area contributed by atoms with Gasteiger partial charge in [-0.25, -0.2) is 4.79 Å². The molecule has 0 aromatic rings. The quantitative estimate of drug-likeness (QED) is 0.340. The molecule has 0 unspecified atom stereocenters. The summed E-state index contributed by atoms with van der Waals surface area (Å²) in [6.45, 7) is 0. The minimum absolute atomic E-state index is 0.317. The van der Waals surface area contributed by atoms with E-state index in [4.69, 9.17) is 5.11 Å². The van der Waals surface area contributed by atoms with Gasteiger partial charge in [-0.2, -0.15) is 0 Å². The van der Waals surface area contributed by atoms with E-state index in [-0.39, 0.29) is 6.03 Å². The van der Waals surface area contributed by atoms with Crippen LogP contribution in [0.2, 0.25) is 0 Å². The lowest BCUT2D eigenvalue weighted by Gasteiger charge is -2.22. The van der Waals surface area contributed by atoms with Crippen molar-refractivity contribution in [1.82, 2.24) is 10.6 Å². The highest BCUT2D eigenvalue weighted by atomic mass is 16.3. The molecule has 0 aromatic heterocycles. The average molecular weight is 88.1 g/mol. The third kappa shape index (κ3) is 0.307. The van der Waals surface area contributed by atoms with E-state index < -0.39 is 6.35 Å². The van der Waals surface area contributed by atoms with Crippen LogP contribution in [-0.2, 0) is 0 Å². The number of aliphatic hydroxyl groups excluding tert-OH is 1. The second-order valence-electron chi connectivity index (χ2n) is 1.02. The van der Waals surface area contributed by atoms with Crippen LogP contribution in [0.5, 0.6) is 0 Å². The molecule has 3 N–H and O–H groups in total. The molecule has 1 aliphatic rings. The Hall–Kier alpha value is -0.770. The Morgan fingerprint density at radius 2 is 2.17 bits per heavy atom. The van der Waals surface area contributed by atoms with Crippen molar-refractivity contribution in [2.24, 2.45) is 0 Å². The predicted molar refractivity (Wildman–Crippen MR) is 17.7 cm³/mol. The van der Waals surface area contributed by atoms with Crippen molar-refractivity contribution in [1.29, 1.82) is 0 Å². The summed E-state index contributed by atoms with van der Waals surface area (Å²) in [5.74, 6) is 0. The fraction of sp³-hybridized carbons (Fsp3) is 0.500. The lowest BCUT2D eigenvalue weighted by atomic mass is 10.7. The van der Waals surface area contributed by atoms with Gasteiger partial charge in [0.05, 0.1) is 0 Å². The van der Waals surface area contributed by atoms with Crippen molar-refractivity contribution >= 4 is 6.03 Å². The van der Waals surface area contributed by atoms with Crippen LogP contribution in [0, 0.1) is 0 Å². The molecule has 4 heteroatoms. The number of urea groups is 1. The molecule has 0 aliphatic carbocycles. The van der Waals surface area contributed by atoms with E-state index in [0.717, 1.165) is 0 Å². The number of carbonyl (C=O) groups excluding carboxylic acids is 1. The minimum Gasteiger partial charge on any atom is -0.356 e. The van der Waals surface area contributed by atoms with Gasteiger partial charge in [0.25, 0.3) is 0 Å². The van der Waals surface area contributed by atoms with Crippen molar-refractivity contribution in [3.8, 4) is 0 Å². The Morgan fingerprint density at radius 1 is 1.67 bits per heavy atom. The number of hydrogen-bond acceptors (Lipinski definition) is 2. The van der Waals surface area contributed by atoms with E-state index in [1.165, 1.54) is 0 Å². The number of amides is 2. The third-order valence-corrected chi connectivity index (χ3v) is 0.536. The molecule has 0 aromatic carbocycles. The first-order valence-corrected chi connectivity index (χ1v) is 1.54. The van der Waals surface area contributed by atoms with Crippen LogP contribution >= 0.6 is 0 Å². The van der Waals surface area contributed by atoms with E-state index in [9.17, 15) is 4.79 Å².